The average Bonchev–Trinajstić information content (AvgIpc) is 2.97. The van der Waals surface area contributed by atoms with Gasteiger partial charge in [-0.2, -0.15) is 13.2 Å². The number of halogens is 3. The maximum atomic E-state index is 12.9. The van der Waals surface area contributed by atoms with Crippen LogP contribution in [0.4, 0.5) is 19.0 Å². The van der Waals surface area contributed by atoms with Gasteiger partial charge in [0.25, 0.3) is 11.8 Å². The summed E-state index contributed by atoms with van der Waals surface area (Å²) >= 11 is 0. The molecule has 0 radical (unpaired) electrons. The van der Waals surface area contributed by atoms with Crippen LogP contribution < -0.4 is 4.90 Å². The number of hydrogen-bond acceptors (Lipinski definition) is 5. The lowest BCUT2D eigenvalue weighted by atomic mass is 10.1. The summed E-state index contributed by atoms with van der Waals surface area (Å²) in [5.41, 5.74) is -0.0427. The van der Waals surface area contributed by atoms with E-state index in [4.69, 9.17) is 0 Å². The van der Waals surface area contributed by atoms with Gasteiger partial charge in [-0.05, 0) is 24.3 Å². The Morgan fingerprint density at radius 2 is 1.45 bits per heavy atom. The molecule has 1 aromatic heterocycles. The molecule has 3 heterocycles. The van der Waals surface area contributed by atoms with Crippen LogP contribution >= 0.6 is 0 Å². The number of amides is 2. The lowest BCUT2D eigenvalue weighted by Crippen LogP contribution is -2.49. The Hall–Kier alpha value is -2.94. The van der Waals surface area contributed by atoms with Gasteiger partial charge in [-0.1, -0.05) is 18.2 Å². The number of carbonyl (C=O) groups excluding carboxylic acids is 2. The summed E-state index contributed by atoms with van der Waals surface area (Å²) in [6.07, 6.45) is -4.47. The first-order chi connectivity index (χ1) is 13.8. The minimum absolute atomic E-state index is 0.280. The van der Waals surface area contributed by atoms with E-state index in [1.807, 2.05) is 4.90 Å². The lowest BCUT2D eigenvalue weighted by molar-refractivity contribution is -0.141. The Kier molecular flexibility index (Phi) is 4.99. The first-order valence-electron chi connectivity index (χ1n) is 9.31. The van der Waals surface area contributed by atoms with Crippen molar-refractivity contribution in [2.75, 3.05) is 44.2 Å². The van der Waals surface area contributed by atoms with Gasteiger partial charge in [-0.15, -0.1) is 0 Å². The summed E-state index contributed by atoms with van der Waals surface area (Å²) in [6.45, 7) is 3.08. The predicted molar refractivity (Wildman–Crippen MR) is 99.7 cm³/mol. The van der Waals surface area contributed by atoms with Crippen molar-refractivity contribution in [1.82, 2.24) is 14.8 Å². The minimum atomic E-state index is -4.47. The van der Waals surface area contributed by atoms with Crippen LogP contribution in [-0.2, 0) is 6.18 Å². The van der Waals surface area contributed by atoms with Crippen LogP contribution in [0, 0.1) is 0 Å². The van der Waals surface area contributed by atoms with Crippen molar-refractivity contribution in [1.29, 1.82) is 0 Å². The first kappa shape index (κ1) is 19.4. The molecule has 0 aliphatic carbocycles. The third-order valence-corrected chi connectivity index (χ3v) is 5.24. The molecule has 1 saturated heterocycles. The quantitative estimate of drug-likeness (QED) is 0.733. The number of piperazine rings is 1. The van der Waals surface area contributed by atoms with Crippen LogP contribution in [0.5, 0.6) is 0 Å². The molecule has 152 valence electrons. The molecule has 0 saturated carbocycles. The molecule has 4 rings (SSSR count). The second-order valence-corrected chi connectivity index (χ2v) is 7.02. The van der Waals surface area contributed by atoms with Gasteiger partial charge < -0.3 is 4.90 Å². The number of nitrogens with zero attached hydrogens (tertiary/aromatic N) is 4. The summed E-state index contributed by atoms with van der Waals surface area (Å²) in [4.78, 5) is 33.7. The molecule has 0 atom stereocenters. The van der Waals surface area contributed by atoms with Crippen LogP contribution in [0.1, 0.15) is 26.4 Å². The zero-order valence-electron chi connectivity index (χ0n) is 15.5. The van der Waals surface area contributed by atoms with Crippen molar-refractivity contribution in [3.63, 3.8) is 0 Å². The fraction of sp³-hybridized carbons (Fsp3) is 0.350. The van der Waals surface area contributed by atoms with Gasteiger partial charge >= 0.3 is 6.18 Å². The topological polar surface area (TPSA) is 56.8 Å². The van der Waals surface area contributed by atoms with E-state index in [2.05, 4.69) is 9.88 Å². The molecule has 9 heteroatoms. The van der Waals surface area contributed by atoms with Crippen LogP contribution in [0.2, 0.25) is 0 Å². The molecule has 1 fully saturated rings. The Balaban J connectivity index is 1.32. The second-order valence-electron chi connectivity index (χ2n) is 7.02. The first-order valence-corrected chi connectivity index (χ1v) is 9.31. The number of rotatable bonds is 4. The third kappa shape index (κ3) is 3.82. The van der Waals surface area contributed by atoms with E-state index in [0.717, 1.165) is 6.07 Å². The molecule has 0 bridgehead atoms. The maximum Gasteiger partial charge on any atom is 0.433 e. The minimum Gasteiger partial charge on any atom is -0.354 e. The molecular weight excluding hydrogens is 385 g/mol. The fourth-order valence-corrected chi connectivity index (χ4v) is 3.64. The van der Waals surface area contributed by atoms with Gasteiger partial charge in [0.2, 0.25) is 0 Å². The fourth-order valence-electron chi connectivity index (χ4n) is 3.64. The number of aromatic nitrogens is 1. The molecular formula is C20H19F3N4O2. The Bertz CT molecular complexity index is 904. The van der Waals surface area contributed by atoms with Crippen LogP contribution in [-0.4, -0.2) is 65.9 Å². The van der Waals surface area contributed by atoms with Crippen LogP contribution in [0.25, 0.3) is 0 Å². The number of imide groups is 1. The molecule has 2 aliphatic heterocycles. The van der Waals surface area contributed by atoms with Crippen LogP contribution in [0.3, 0.4) is 0 Å². The summed E-state index contributed by atoms with van der Waals surface area (Å²) in [6, 6.07) is 10.7. The van der Waals surface area contributed by atoms with Crippen molar-refractivity contribution < 1.29 is 22.8 Å². The molecule has 6 nitrogen and oxygen atoms in total. The van der Waals surface area contributed by atoms with E-state index in [-0.39, 0.29) is 18.4 Å². The molecule has 1 aromatic carbocycles. The third-order valence-electron chi connectivity index (χ3n) is 5.24. The zero-order valence-corrected chi connectivity index (χ0v) is 15.5. The van der Waals surface area contributed by atoms with Gasteiger partial charge in [0, 0.05) is 39.3 Å². The second kappa shape index (κ2) is 7.47. The highest BCUT2D eigenvalue weighted by molar-refractivity contribution is 6.21. The standard InChI is InChI=1S/C20H19F3N4O2/c21-20(22,23)16-6-3-7-17(24-16)26-11-8-25(9-12-26)10-13-27-18(28)14-4-1-2-5-15(14)19(27)29/h1-7H,8-13H2. The van der Waals surface area contributed by atoms with Gasteiger partial charge in [0.1, 0.15) is 11.5 Å². The van der Waals surface area contributed by atoms with Crippen molar-refractivity contribution in [3.8, 4) is 0 Å². The van der Waals surface area contributed by atoms with Gasteiger partial charge in [0.15, 0.2) is 0 Å². The largest absolute Gasteiger partial charge is 0.433 e. The molecule has 2 aromatic rings. The summed E-state index contributed by atoms with van der Waals surface area (Å²) in [5, 5.41) is 0. The highest BCUT2D eigenvalue weighted by Gasteiger charge is 2.35. The van der Waals surface area contributed by atoms with Gasteiger partial charge in [-0.3, -0.25) is 19.4 Å². The number of pyridine rings is 1. The lowest BCUT2D eigenvalue weighted by Gasteiger charge is -2.36. The van der Waals surface area contributed by atoms with Crippen LogP contribution in [0.15, 0.2) is 42.5 Å². The molecule has 0 N–H and O–H groups in total. The average molecular weight is 404 g/mol. The SMILES string of the molecule is O=C1c2ccccc2C(=O)N1CCN1CCN(c2cccc(C(F)(F)F)n2)CC1. The Morgan fingerprint density at radius 1 is 0.828 bits per heavy atom. The van der Waals surface area contributed by atoms with E-state index in [9.17, 15) is 22.8 Å². The molecule has 0 unspecified atom stereocenters. The molecule has 2 amide bonds. The number of fused-ring (bicyclic) bond motifs is 1. The zero-order chi connectivity index (χ0) is 20.6. The monoisotopic (exact) mass is 404 g/mol. The van der Waals surface area contributed by atoms with E-state index >= 15 is 0 Å². The molecule has 2 aliphatic rings. The summed E-state index contributed by atoms with van der Waals surface area (Å²) in [7, 11) is 0. The summed E-state index contributed by atoms with van der Waals surface area (Å²) in [5.74, 6) is -0.255. The van der Waals surface area contributed by atoms with Gasteiger partial charge in [0.05, 0.1) is 11.1 Å². The van der Waals surface area contributed by atoms with E-state index in [0.29, 0.717) is 49.7 Å². The highest BCUT2D eigenvalue weighted by atomic mass is 19.4. The number of hydrogen-bond donors (Lipinski definition) is 0. The molecule has 0 spiro atoms. The maximum absolute atomic E-state index is 12.9. The molecule has 29 heavy (non-hydrogen) atoms. The number of alkyl halides is 3. The van der Waals surface area contributed by atoms with E-state index < -0.39 is 11.9 Å². The Morgan fingerprint density at radius 3 is 2.03 bits per heavy atom. The highest BCUT2D eigenvalue weighted by Crippen LogP contribution is 2.29. The smallest absolute Gasteiger partial charge is 0.354 e. The van der Waals surface area contributed by atoms with Crippen molar-refractivity contribution in [2.24, 2.45) is 0 Å². The van der Waals surface area contributed by atoms with E-state index in [1.54, 1.807) is 30.3 Å². The van der Waals surface area contributed by atoms with Crippen molar-refractivity contribution in [3.05, 3.63) is 59.3 Å². The van der Waals surface area contributed by atoms with Gasteiger partial charge in [-0.25, -0.2) is 4.98 Å². The number of benzene rings is 1. The summed E-state index contributed by atoms with van der Waals surface area (Å²) < 4.78 is 38.6. The van der Waals surface area contributed by atoms with E-state index in [1.165, 1.54) is 11.0 Å². The number of carbonyl (C=O) groups is 2. The Labute approximate surface area is 165 Å². The van der Waals surface area contributed by atoms with Crippen molar-refractivity contribution in [2.45, 2.75) is 6.18 Å². The van der Waals surface area contributed by atoms with Crippen molar-refractivity contribution >= 4 is 17.6 Å². The predicted octanol–water partition coefficient (Wildman–Crippen LogP) is 2.52. The normalized spacial score (nSPS) is 17.8. The number of anilines is 1.